The van der Waals surface area contributed by atoms with Gasteiger partial charge in [-0.05, 0) is 49.6 Å². The number of non-ortho nitro benzene ring substituents is 1. The summed E-state index contributed by atoms with van der Waals surface area (Å²) in [5.41, 5.74) is 2.01. The molecule has 1 N–H and O–H groups in total. The second kappa shape index (κ2) is 11.1. The zero-order chi connectivity index (χ0) is 23.9. The van der Waals surface area contributed by atoms with Gasteiger partial charge in [0.15, 0.2) is 0 Å². The summed E-state index contributed by atoms with van der Waals surface area (Å²) in [5.74, 6) is 0.465. The van der Waals surface area contributed by atoms with E-state index >= 15 is 0 Å². The standard InChI is InChI=1S/C21H26ClN3O6S/c1-15-6-8-18(13-16(15)2)31-12-10-23-21(26)5-4-11-24(32(3,29)30)20-14-17(25(27)28)7-9-19(20)22/h6-9,13-14H,4-5,10-12H2,1-3H3,(H,23,26). The predicted octanol–water partition coefficient (Wildman–Crippen LogP) is 3.61. The molecule has 0 fully saturated rings. The van der Waals surface area contributed by atoms with Gasteiger partial charge in [0, 0.05) is 25.1 Å². The fourth-order valence-corrected chi connectivity index (χ4v) is 4.14. The van der Waals surface area contributed by atoms with Crippen molar-refractivity contribution < 1.29 is 22.9 Å². The molecular formula is C21H26ClN3O6S. The molecule has 11 heteroatoms. The van der Waals surface area contributed by atoms with Crippen LogP contribution in [-0.2, 0) is 14.8 Å². The van der Waals surface area contributed by atoms with Crippen molar-refractivity contribution >= 4 is 38.9 Å². The fourth-order valence-electron chi connectivity index (χ4n) is 2.91. The Morgan fingerprint density at radius 1 is 1.19 bits per heavy atom. The molecule has 0 bridgehead atoms. The Kier molecular flexibility index (Phi) is 8.85. The molecule has 0 saturated carbocycles. The first-order valence-electron chi connectivity index (χ1n) is 9.87. The van der Waals surface area contributed by atoms with Crippen LogP contribution in [0.2, 0.25) is 5.02 Å². The van der Waals surface area contributed by atoms with Crippen molar-refractivity contribution in [3.05, 3.63) is 62.7 Å². The van der Waals surface area contributed by atoms with Gasteiger partial charge in [-0.15, -0.1) is 0 Å². The number of rotatable bonds is 11. The number of hydrogen-bond donors (Lipinski definition) is 1. The summed E-state index contributed by atoms with van der Waals surface area (Å²) in [6.07, 6.45) is 1.25. The number of aryl methyl sites for hydroxylation is 2. The van der Waals surface area contributed by atoms with Gasteiger partial charge in [0.2, 0.25) is 15.9 Å². The summed E-state index contributed by atoms with van der Waals surface area (Å²) >= 11 is 6.07. The summed E-state index contributed by atoms with van der Waals surface area (Å²) in [6.45, 7) is 4.55. The van der Waals surface area contributed by atoms with E-state index in [9.17, 15) is 23.3 Å². The Morgan fingerprint density at radius 2 is 1.91 bits per heavy atom. The van der Waals surface area contributed by atoms with Gasteiger partial charge in [-0.3, -0.25) is 19.2 Å². The number of halogens is 1. The highest BCUT2D eigenvalue weighted by Gasteiger charge is 2.22. The zero-order valence-electron chi connectivity index (χ0n) is 18.1. The highest BCUT2D eigenvalue weighted by Crippen LogP contribution is 2.31. The first-order valence-corrected chi connectivity index (χ1v) is 12.1. The van der Waals surface area contributed by atoms with E-state index in [4.69, 9.17) is 16.3 Å². The van der Waals surface area contributed by atoms with Crippen molar-refractivity contribution in [1.29, 1.82) is 0 Å². The molecular weight excluding hydrogens is 458 g/mol. The van der Waals surface area contributed by atoms with Gasteiger partial charge in [0.1, 0.15) is 12.4 Å². The SMILES string of the molecule is Cc1ccc(OCCNC(=O)CCCN(c2cc([N+](=O)[O-])ccc2Cl)S(C)(=O)=O)cc1C. The highest BCUT2D eigenvalue weighted by atomic mass is 35.5. The third-order valence-corrected chi connectivity index (χ3v) is 6.25. The number of sulfonamides is 1. The van der Waals surface area contributed by atoms with Crippen LogP contribution in [0.5, 0.6) is 5.75 Å². The van der Waals surface area contributed by atoms with Crippen LogP contribution in [0.1, 0.15) is 24.0 Å². The second-order valence-electron chi connectivity index (χ2n) is 7.28. The minimum Gasteiger partial charge on any atom is -0.492 e. The maximum Gasteiger partial charge on any atom is 0.271 e. The molecule has 0 radical (unpaired) electrons. The van der Waals surface area contributed by atoms with Gasteiger partial charge in [-0.25, -0.2) is 8.42 Å². The number of hydrogen-bond acceptors (Lipinski definition) is 6. The van der Waals surface area contributed by atoms with E-state index in [2.05, 4.69) is 5.32 Å². The second-order valence-corrected chi connectivity index (χ2v) is 9.59. The van der Waals surface area contributed by atoms with E-state index in [1.807, 2.05) is 32.0 Å². The molecule has 0 unspecified atom stereocenters. The van der Waals surface area contributed by atoms with Gasteiger partial charge in [-0.2, -0.15) is 0 Å². The maximum atomic E-state index is 12.2. The van der Waals surface area contributed by atoms with Crippen LogP contribution in [0, 0.1) is 24.0 Å². The predicted molar refractivity (Wildman–Crippen MR) is 124 cm³/mol. The molecule has 0 aliphatic heterocycles. The first kappa shape index (κ1) is 25.4. The summed E-state index contributed by atoms with van der Waals surface area (Å²) in [6, 6.07) is 9.33. The van der Waals surface area contributed by atoms with Crippen molar-refractivity contribution in [1.82, 2.24) is 5.32 Å². The summed E-state index contributed by atoms with van der Waals surface area (Å²) in [5, 5.41) is 13.8. The molecule has 0 aliphatic rings. The highest BCUT2D eigenvalue weighted by molar-refractivity contribution is 7.92. The molecule has 9 nitrogen and oxygen atoms in total. The molecule has 0 spiro atoms. The summed E-state index contributed by atoms with van der Waals surface area (Å²) in [7, 11) is -3.76. The van der Waals surface area contributed by atoms with E-state index in [-0.39, 0.29) is 41.7 Å². The molecule has 0 aliphatic carbocycles. The van der Waals surface area contributed by atoms with Gasteiger partial charge in [0.05, 0.1) is 28.4 Å². The lowest BCUT2D eigenvalue weighted by molar-refractivity contribution is -0.384. The number of benzene rings is 2. The van der Waals surface area contributed by atoms with Gasteiger partial charge >= 0.3 is 0 Å². The van der Waals surface area contributed by atoms with Crippen molar-refractivity contribution in [3.8, 4) is 5.75 Å². The first-order chi connectivity index (χ1) is 15.0. The Bertz CT molecular complexity index is 1090. The van der Waals surface area contributed by atoms with Gasteiger partial charge < -0.3 is 10.1 Å². The lowest BCUT2D eigenvalue weighted by atomic mass is 10.1. The number of nitrogens with zero attached hydrogens (tertiary/aromatic N) is 2. The van der Waals surface area contributed by atoms with Gasteiger partial charge in [-0.1, -0.05) is 17.7 Å². The summed E-state index contributed by atoms with van der Waals surface area (Å²) < 4.78 is 31.0. The van der Waals surface area contributed by atoms with Crippen LogP contribution in [0.3, 0.4) is 0 Å². The van der Waals surface area contributed by atoms with Crippen LogP contribution in [0.25, 0.3) is 0 Å². The van der Waals surface area contributed by atoms with E-state index in [0.717, 1.165) is 27.9 Å². The number of nitrogens with one attached hydrogen (secondary N) is 1. The average Bonchev–Trinajstić information content (AvgIpc) is 2.71. The molecule has 0 aromatic heterocycles. The quantitative estimate of drug-likeness (QED) is 0.296. The van der Waals surface area contributed by atoms with Crippen molar-refractivity contribution in [2.24, 2.45) is 0 Å². The van der Waals surface area contributed by atoms with Crippen molar-refractivity contribution in [2.45, 2.75) is 26.7 Å². The molecule has 2 aromatic carbocycles. The molecule has 0 atom stereocenters. The third kappa shape index (κ3) is 7.38. The van der Waals surface area contributed by atoms with Gasteiger partial charge in [0.25, 0.3) is 5.69 Å². The van der Waals surface area contributed by atoms with Crippen LogP contribution in [-0.4, -0.2) is 45.2 Å². The minimum atomic E-state index is -3.76. The smallest absolute Gasteiger partial charge is 0.271 e. The maximum absolute atomic E-state index is 12.2. The average molecular weight is 484 g/mol. The minimum absolute atomic E-state index is 0.00515. The van der Waals surface area contributed by atoms with Crippen LogP contribution in [0.4, 0.5) is 11.4 Å². The van der Waals surface area contributed by atoms with E-state index in [0.29, 0.717) is 13.2 Å². The molecule has 2 aromatic rings. The topological polar surface area (TPSA) is 119 Å². The Balaban J connectivity index is 1.86. The van der Waals surface area contributed by atoms with E-state index in [1.54, 1.807) is 0 Å². The number of nitro groups is 1. The molecule has 32 heavy (non-hydrogen) atoms. The normalized spacial score (nSPS) is 11.1. The number of carbonyl (C=O) groups is 1. The number of anilines is 1. The molecule has 0 saturated heterocycles. The molecule has 0 heterocycles. The third-order valence-electron chi connectivity index (χ3n) is 4.75. The Labute approximate surface area is 192 Å². The Hall–Kier alpha value is -2.85. The lowest BCUT2D eigenvalue weighted by Gasteiger charge is -2.23. The molecule has 1 amide bonds. The number of amides is 1. The number of carbonyl (C=O) groups excluding carboxylic acids is 1. The van der Waals surface area contributed by atoms with E-state index < -0.39 is 14.9 Å². The number of nitro benzene ring substituents is 1. The van der Waals surface area contributed by atoms with E-state index in [1.165, 1.54) is 17.7 Å². The monoisotopic (exact) mass is 483 g/mol. The van der Waals surface area contributed by atoms with Crippen molar-refractivity contribution in [2.75, 3.05) is 30.3 Å². The van der Waals surface area contributed by atoms with Crippen LogP contribution >= 0.6 is 11.6 Å². The summed E-state index contributed by atoms with van der Waals surface area (Å²) in [4.78, 5) is 22.5. The lowest BCUT2D eigenvalue weighted by Crippen LogP contribution is -2.33. The molecule has 2 rings (SSSR count). The largest absolute Gasteiger partial charge is 0.492 e. The number of ether oxygens (including phenoxy) is 1. The van der Waals surface area contributed by atoms with Crippen LogP contribution in [0.15, 0.2) is 36.4 Å². The molecule has 174 valence electrons. The van der Waals surface area contributed by atoms with Crippen LogP contribution < -0.4 is 14.4 Å². The van der Waals surface area contributed by atoms with Crippen molar-refractivity contribution in [3.63, 3.8) is 0 Å². The zero-order valence-corrected chi connectivity index (χ0v) is 19.7. The fraction of sp³-hybridized carbons (Fsp3) is 0.381. The Morgan fingerprint density at radius 3 is 2.53 bits per heavy atom.